The van der Waals surface area contributed by atoms with Crippen molar-refractivity contribution in [3.05, 3.63) is 66.1 Å². The summed E-state index contributed by atoms with van der Waals surface area (Å²) < 4.78 is 2.27. The number of para-hydroxylation sites is 2. The molecule has 6 rings (SSSR count). The Hall–Kier alpha value is -3.49. The number of carbonyl (C=O) groups is 1. The van der Waals surface area contributed by atoms with Crippen LogP contribution < -0.4 is 10.6 Å². The first-order chi connectivity index (χ1) is 17.5. The lowest BCUT2D eigenvalue weighted by Crippen LogP contribution is -2.62. The van der Waals surface area contributed by atoms with Gasteiger partial charge in [0.25, 0.3) is 0 Å². The van der Waals surface area contributed by atoms with Crippen LogP contribution in [0.25, 0.3) is 21.8 Å². The van der Waals surface area contributed by atoms with Gasteiger partial charge in [-0.25, -0.2) is 9.97 Å². The second kappa shape index (κ2) is 9.19. The summed E-state index contributed by atoms with van der Waals surface area (Å²) >= 11 is 0. The summed E-state index contributed by atoms with van der Waals surface area (Å²) in [4.78, 5) is 28.0. The average molecular weight is 484 g/mol. The molecule has 2 aliphatic heterocycles. The maximum absolute atomic E-state index is 13.5. The van der Waals surface area contributed by atoms with Crippen LogP contribution in [-0.4, -0.2) is 62.1 Å². The quantitative estimate of drug-likeness (QED) is 0.466. The molecular formula is C28H33N7O. The molecule has 2 bridgehead atoms. The Morgan fingerprint density at radius 2 is 1.83 bits per heavy atom. The van der Waals surface area contributed by atoms with Crippen LogP contribution in [0.3, 0.4) is 0 Å². The number of nitrogens with one attached hydrogen (secondary N) is 2. The Labute approximate surface area is 211 Å². The van der Waals surface area contributed by atoms with Crippen molar-refractivity contribution in [2.24, 2.45) is 13.0 Å². The van der Waals surface area contributed by atoms with Gasteiger partial charge in [-0.15, -0.1) is 0 Å². The average Bonchev–Trinajstić information content (AvgIpc) is 3.18. The van der Waals surface area contributed by atoms with Crippen molar-refractivity contribution >= 4 is 33.5 Å². The van der Waals surface area contributed by atoms with E-state index in [1.807, 2.05) is 24.3 Å². The van der Waals surface area contributed by atoms with Crippen LogP contribution in [0, 0.1) is 5.92 Å². The van der Waals surface area contributed by atoms with E-state index in [0.29, 0.717) is 6.54 Å². The van der Waals surface area contributed by atoms with Crippen LogP contribution in [0.1, 0.15) is 25.4 Å². The Balaban J connectivity index is 1.30. The van der Waals surface area contributed by atoms with E-state index in [2.05, 4.69) is 76.2 Å². The van der Waals surface area contributed by atoms with Crippen LogP contribution in [0.2, 0.25) is 0 Å². The zero-order valence-corrected chi connectivity index (χ0v) is 21.1. The van der Waals surface area contributed by atoms with E-state index in [9.17, 15) is 4.79 Å². The molecule has 36 heavy (non-hydrogen) atoms. The van der Waals surface area contributed by atoms with Gasteiger partial charge in [0.15, 0.2) is 0 Å². The lowest BCUT2D eigenvalue weighted by atomic mass is 10.0. The maximum Gasteiger partial charge on any atom is 0.244 e. The van der Waals surface area contributed by atoms with E-state index < -0.39 is 0 Å². The zero-order valence-electron chi connectivity index (χ0n) is 21.1. The van der Waals surface area contributed by atoms with Crippen LogP contribution in [0.15, 0.2) is 54.6 Å². The summed E-state index contributed by atoms with van der Waals surface area (Å²) in [7, 11) is 2.13. The molecule has 1 fully saturated rings. The Morgan fingerprint density at radius 1 is 1.03 bits per heavy atom. The number of carbonyl (C=O) groups excluding carboxylic acids is 1. The standard InChI is InChI=1S/C28H33N7O/c1-18(2)26-28(36)31-25-17-34(15-20-14-19-8-4-7-11-23(19)33(20)3)12-13-35(25)16-24-29-22-10-6-5-9-21(22)27(30-24)32-26/h4-11,14,18,25-26H,12-13,15-17H2,1-3H3,(H,31,36)(H,29,30,32)/t25?,26-/m0/s1. The molecule has 186 valence electrons. The predicted octanol–water partition coefficient (Wildman–Crippen LogP) is 3.33. The van der Waals surface area contributed by atoms with Crippen molar-refractivity contribution in [1.29, 1.82) is 0 Å². The normalized spacial score (nSPS) is 21.4. The maximum atomic E-state index is 13.5. The molecule has 4 heterocycles. The monoisotopic (exact) mass is 483 g/mol. The molecule has 2 aromatic carbocycles. The predicted molar refractivity (Wildman–Crippen MR) is 142 cm³/mol. The summed E-state index contributed by atoms with van der Waals surface area (Å²) in [5.41, 5.74) is 3.42. The van der Waals surface area contributed by atoms with Crippen molar-refractivity contribution in [3.8, 4) is 0 Å². The third-order valence-corrected chi connectivity index (χ3v) is 7.56. The molecule has 1 saturated heterocycles. The minimum Gasteiger partial charge on any atom is -0.358 e. The van der Waals surface area contributed by atoms with Gasteiger partial charge in [0.05, 0.1) is 18.2 Å². The summed E-state index contributed by atoms with van der Waals surface area (Å²) in [5.74, 6) is 1.63. The lowest BCUT2D eigenvalue weighted by Gasteiger charge is -2.42. The van der Waals surface area contributed by atoms with Crippen molar-refractivity contribution in [3.63, 3.8) is 0 Å². The second-order valence-corrected chi connectivity index (χ2v) is 10.4. The number of anilines is 1. The van der Waals surface area contributed by atoms with E-state index in [1.54, 1.807) is 0 Å². The summed E-state index contributed by atoms with van der Waals surface area (Å²) in [5, 5.41) is 9.01. The Morgan fingerprint density at radius 3 is 2.67 bits per heavy atom. The van der Waals surface area contributed by atoms with Crippen LogP contribution in [-0.2, 0) is 24.9 Å². The highest BCUT2D eigenvalue weighted by Gasteiger charge is 2.33. The first kappa shape index (κ1) is 22.9. The van der Waals surface area contributed by atoms with E-state index in [-0.39, 0.29) is 24.0 Å². The summed E-state index contributed by atoms with van der Waals surface area (Å²) in [6, 6.07) is 18.4. The molecule has 2 N–H and O–H groups in total. The van der Waals surface area contributed by atoms with Gasteiger partial charge in [0.1, 0.15) is 17.7 Å². The van der Waals surface area contributed by atoms with Gasteiger partial charge in [0, 0.05) is 49.8 Å². The largest absolute Gasteiger partial charge is 0.358 e. The van der Waals surface area contributed by atoms with Crippen LogP contribution in [0.5, 0.6) is 0 Å². The number of hydrogen-bond donors (Lipinski definition) is 2. The fourth-order valence-electron chi connectivity index (χ4n) is 5.50. The highest BCUT2D eigenvalue weighted by molar-refractivity contribution is 5.92. The Bertz CT molecular complexity index is 1430. The highest BCUT2D eigenvalue weighted by Crippen LogP contribution is 2.25. The molecule has 2 atom stereocenters. The van der Waals surface area contributed by atoms with Crippen molar-refractivity contribution in [1.82, 2.24) is 29.7 Å². The van der Waals surface area contributed by atoms with Gasteiger partial charge in [-0.1, -0.05) is 44.2 Å². The number of nitrogens with zero attached hydrogens (tertiary/aromatic N) is 5. The third kappa shape index (κ3) is 4.20. The second-order valence-electron chi connectivity index (χ2n) is 10.4. The SMILES string of the molecule is CC(C)[C@@H]1Nc2nc(nc3ccccc23)CN2CCN(Cc3cc4ccccc4n3C)CC2NC1=O. The van der Waals surface area contributed by atoms with Gasteiger partial charge in [-0.3, -0.25) is 14.6 Å². The van der Waals surface area contributed by atoms with E-state index >= 15 is 0 Å². The number of fused-ring (bicyclic) bond motifs is 6. The van der Waals surface area contributed by atoms with E-state index in [4.69, 9.17) is 9.97 Å². The summed E-state index contributed by atoms with van der Waals surface area (Å²) in [6.07, 6.45) is -0.111. The topological polar surface area (TPSA) is 78.3 Å². The van der Waals surface area contributed by atoms with E-state index in [1.165, 1.54) is 16.6 Å². The van der Waals surface area contributed by atoms with Gasteiger partial charge < -0.3 is 15.2 Å². The molecule has 0 saturated carbocycles. The zero-order chi connectivity index (χ0) is 24.8. The fourth-order valence-corrected chi connectivity index (χ4v) is 5.50. The number of amides is 1. The number of piperazine rings is 1. The molecule has 2 aliphatic rings. The minimum atomic E-state index is -0.385. The molecular weight excluding hydrogens is 450 g/mol. The number of hydrogen-bond acceptors (Lipinski definition) is 6. The van der Waals surface area contributed by atoms with Gasteiger partial charge >= 0.3 is 0 Å². The summed E-state index contributed by atoms with van der Waals surface area (Å²) in [6.45, 7) is 8.07. The Kier molecular flexibility index (Phi) is 5.85. The molecule has 2 aromatic heterocycles. The fraction of sp³-hybridized carbons (Fsp3) is 0.393. The molecule has 1 unspecified atom stereocenters. The van der Waals surface area contributed by atoms with E-state index in [0.717, 1.165) is 48.7 Å². The number of aryl methyl sites for hydroxylation is 1. The molecule has 0 radical (unpaired) electrons. The molecule has 8 heteroatoms. The smallest absolute Gasteiger partial charge is 0.244 e. The van der Waals surface area contributed by atoms with Crippen molar-refractivity contribution in [2.75, 3.05) is 25.0 Å². The number of rotatable bonds is 3. The lowest BCUT2D eigenvalue weighted by molar-refractivity contribution is -0.125. The van der Waals surface area contributed by atoms with Gasteiger partial charge in [-0.2, -0.15) is 0 Å². The third-order valence-electron chi connectivity index (χ3n) is 7.56. The van der Waals surface area contributed by atoms with Gasteiger partial charge in [0.2, 0.25) is 5.91 Å². The molecule has 4 aromatic rings. The van der Waals surface area contributed by atoms with Crippen LogP contribution in [0.4, 0.5) is 5.82 Å². The molecule has 1 amide bonds. The van der Waals surface area contributed by atoms with Crippen molar-refractivity contribution < 1.29 is 4.79 Å². The van der Waals surface area contributed by atoms with Crippen molar-refractivity contribution in [2.45, 2.75) is 39.1 Å². The first-order valence-electron chi connectivity index (χ1n) is 12.8. The molecule has 0 spiro atoms. The first-order valence-corrected chi connectivity index (χ1v) is 12.8. The number of benzene rings is 2. The minimum absolute atomic E-state index is 0.0117. The molecule has 0 aliphatic carbocycles. The van der Waals surface area contributed by atoms with Crippen LogP contribution >= 0.6 is 0 Å². The highest BCUT2D eigenvalue weighted by atomic mass is 16.2. The van der Waals surface area contributed by atoms with Gasteiger partial charge in [-0.05, 0) is 35.6 Å². The molecule has 8 nitrogen and oxygen atoms in total. The number of aromatic nitrogens is 3.